The number of nitrogens with zero attached hydrogens (tertiary/aromatic N) is 2. The van der Waals surface area contributed by atoms with Crippen molar-refractivity contribution in [2.75, 3.05) is 11.9 Å². The van der Waals surface area contributed by atoms with Crippen LogP contribution in [0.4, 0.5) is 18.9 Å². The van der Waals surface area contributed by atoms with Crippen molar-refractivity contribution in [2.24, 2.45) is 5.92 Å². The van der Waals surface area contributed by atoms with E-state index >= 15 is 0 Å². The molecule has 0 bridgehead atoms. The molecule has 0 radical (unpaired) electrons. The summed E-state index contributed by atoms with van der Waals surface area (Å²) in [5.74, 6) is 0.227. The van der Waals surface area contributed by atoms with Gasteiger partial charge in [-0.05, 0) is 67.1 Å². The molecular formula is C23H20F3N3O3. The van der Waals surface area contributed by atoms with Crippen molar-refractivity contribution in [3.63, 3.8) is 0 Å². The highest BCUT2D eigenvalue weighted by molar-refractivity contribution is 5.62. The standard InChI is InChI=1S/C23H20F3N3O3/c24-23(25,26)18-9-19-15(8-16(18)11-28)7-14-3-6-20(30)22(31,21(14)29-19)12-32-17-4-1-13(10-27)2-5-17/h1-2,4-5,8-9,14,20-21,29-31H,3,6-7,12H2. The molecule has 4 unspecified atom stereocenters. The molecule has 32 heavy (non-hydrogen) atoms. The summed E-state index contributed by atoms with van der Waals surface area (Å²) in [6.45, 7) is -0.286. The summed E-state index contributed by atoms with van der Waals surface area (Å²) in [5, 5.41) is 43.0. The third-order valence-electron chi connectivity index (χ3n) is 6.31. The third-order valence-corrected chi connectivity index (χ3v) is 6.31. The first-order valence-electron chi connectivity index (χ1n) is 10.1. The number of fused-ring (bicyclic) bond motifs is 2. The van der Waals surface area contributed by atoms with E-state index in [1.165, 1.54) is 6.07 Å². The largest absolute Gasteiger partial charge is 0.490 e. The number of nitriles is 2. The van der Waals surface area contributed by atoms with E-state index in [1.54, 1.807) is 30.3 Å². The number of aliphatic hydroxyl groups excluding tert-OH is 1. The zero-order chi connectivity index (χ0) is 23.1. The molecule has 3 N–H and O–H groups in total. The second kappa shape index (κ2) is 8.01. The molecule has 1 heterocycles. The van der Waals surface area contributed by atoms with Crippen LogP contribution in [0.25, 0.3) is 0 Å². The summed E-state index contributed by atoms with van der Waals surface area (Å²) in [5.41, 5.74) is -2.03. The molecule has 0 amide bonds. The van der Waals surface area contributed by atoms with Gasteiger partial charge in [0.1, 0.15) is 18.0 Å². The maximum absolute atomic E-state index is 13.4. The molecule has 1 saturated carbocycles. The highest BCUT2D eigenvalue weighted by Gasteiger charge is 2.52. The molecule has 0 saturated heterocycles. The number of alkyl halides is 3. The Morgan fingerprint density at radius 2 is 1.84 bits per heavy atom. The molecule has 166 valence electrons. The quantitative estimate of drug-likeness (QED) is 0.671. The summed E-state index contributed by atoms with van der Waals surface area (Å²) in [7, 11) is 0. The predicted molar refractivity (Wildman–Crippen MR) is 108 cm³/mol. The number of aliphatic hydroxyl groups is 2. The van der Waals surface area contributed by atoms with Gasteiger partial charge >= 0.3 is 6.18 Å². The van der Waals surface area contributed by atoms with Crippen molar-refractivity contribution in [1.82, 2.24) is 0 Å². The van der Waals surface area contributed by atoms with Crippen LogP contribution in [0.5, 0.6) is 5.75 Å². The molecule has 1 aliphatic carbocycles. The summed E-state index contributed by atoms with van der Waals surface area (Å²) < 4.78 is 45.9. The second-order valence-electron chi connectivity index (χ2n) is 8.26. The van der Waals surface area contributed by atoms with Crippen molar-refractivity contribution >= 4 is 5.69 Å². The maximum atomic E-state index is 13.4. The number of rotatable bonds is 3. The number of hydrogen-bond acceptors (Lipinski definition) is 6. The summed E-state index contributed by atoms with van der Waals surface area (Å²) in [6, 6.07) is 11.3. The number of nitrogens with one attached hydrogen (secondary N) is 1. The van der Waals surface area contributed by atoms with Crippen LogP contribution >= 0.6 is 0 Å². The molecule has 2 aliphatic rings. The number of ether oxygens (including phenoxy) is 1. The number of halogens is 3. The third kappa shape index (κ3) is 3.86. The number of benzene rings is 2. The predicted octanol–water partition coefficient (Wildman–Crippen LogP) is 3.37. The number of anilines is 1. The van der Waals surface area contributed by atoms with Gasteiger partial charge in [-0.2, -0.15) is 23.7 Å². The SMILES string of the molecule is N#Cc1ccc(OCC2(O)C(O)CCC3Cc4cc(C#N)c(C(F)(F)F)cc4NC32)cc1. The minimum Gasteiger partial charge on any atom is -0.490 e. The van der Waals surface area contributed by atoms with E-state index in [9.17, 15) is 23.4 Å². The Labute approximate surface area is 182 Å². The fraction of sp³-hybridized carbons (Fsp3) is 0.391. The van der Waals surface area contributed by atoms with E-state index in [0.29, 0.717) is 36.1 Å². The van der Waals surface area contributed by atoms with Crippen molar-refractivity contribution < 1.29 is 28.1 Å². The Morgan fingerprint density at radius 1 is 1.12 bits per heavy atom. The monoisotopic (exact) mass is 443 g/mol. The lowest BCUT2D eigenvalue weighted by atomic mass is 9.68. The lowest BCUT2D eigenvalue weighted by Gasteiger charge is -2.50. The van der Waals surface area contributed by atoms with Crippen LogP contribution in [0.1, 0.15) is 35.1 Å². The lowest BCUT2D eigenvalue weighted by molar-refractivity contribution is -0.141. The minimum absolute atomic E-state index is 0.163. The molecule has 0 aromatic heterocycles. The van der Waals surface area contributed by atoms with Gasteiger partial charge in [-0.25, -0.2) is 0 Å². The van der Waals surface area contributed by atoms with E-state index in [2.05, 4.69) is 5.32 Å². The van der Waals surface area contributed by atoms with Gasteiger partial charge in [0.2, 0.25) is 0 Å². The van der Waals surface area contributed by atoms with Crippen molar-refractivity contribution in [2.45, 2.75) is 43.2 Å². The van der Waals surface area contributed by atoms with Crippen LogP contribution in [0.2, 0.25) is 0 Å². The van der Waals surface area contributed by atoms with Crippen LogP contribution < -0.4 is 10.1 Å². The Morgan fingerprint density at radius 3 is 2.47 bits per heavy atom. The average molecular weight is 443 g/mol. The van der Waals surface area contributed by atoms with Gasteiger partial charge in [0.25, 0.3) is 0 Å². The van der Waals surface area contributed by atoms with Gasteiger partial charge in [0, 0.05) is 5.69 Å². The van der Waals surface area contributed by atoms with Crippen LogP contribution in [0.3, 0.4) is 0 Å². The molecule has 4 atom stereocenters. The van der Waals surface area contributed by atoms with Gasteiger partial charge in [0.15, 0.2) is 0 Å². The van der Waals surface area contributed by atoms with Crippen molar-refractivity contribution in [3.8, 4) is 17.9 Å². The molecular weight excluding hydrogens is 423 g/mol. The molecule has 9 heteroatoms. The smallest absolute Gasteiger partial charge is 0.417 e. The number of hydrogen-bond donors (Lipinski definition) is 3. The Kier molecular flexibility index (Phi) is 5.49. The van der Waals surface area contributed by atoms with Crippen LogP contribution in [0.15, 0.2) is 36.4 Å². The highest BCUT2D eigenvalue weighted by atomic mass is 19.4. The van der Waals surface area contributed by atoms with E-state index < -0.39 is 35.1 Å². The summed E-state index contributed by atoms with van der Waals surface area (Å²) in [6.07, 6.45) is -4.61. The van der Waals surface area contributed by atoms with Gasteiger partial charge in [-0.1, -0.05) is 0 Å². The van der Waals surface area contributed by atoms with E-state index in [1.807, 2.05) is 6.07 Å². The van der Waals surface area contributed by atoms with Crippen molar-refractivity contribution in [1.29, 1.82) is 10.5 Å². The second-order valence-corrected chi connectivity index (χ2v) is 8.26. The Bertz CT molecular complexity index is 1100. The summed E-state index contributed by atoms with van der Waals surface area (Å²) >= 11 is 0. The van der Waals surface area contributed by atoms with Gasteiger partial charge in [-0.3, -0.25) is 0 Å². The maximum Gasteiger partial charge on any atom is 0.417 e. The van der Waals surface area contributed by atoms with Crippen molar-refractivity contribution in [3.05, 3.63) is 58.7 Å². The molecule has 6 nitrogen and oxygen atoms in total. The highest BCUT2D eigenvalue weighted by Crippen LogP contribution is 2.44. The first kappa shape index (κ1) is 21.9. The first-order valence-corrected chi connectivity index (χ1v) is 10.1. The topological polar surface area (TPSA) is 109 Å². The molecule has 0 spiro atoms. The zero-order valence-corrected chi connectivity index (χ0v) is 16.9. The normalized spacial score (nSPS) is 26.7. The molecule has 2 aromatic carbocycles. The fourth-order valence-corrected chi connectivity index (χ4v) is 4.60. The van der Waals surface area contributed by atoms with Crippen LogP contribution in [0, 0.1) is 28.6 Å². The fourth-order valence-electron chi connectivity index (χ4n) is 4.60. The van der Waals surface area contributed by atoms with Crippen LogP contribution in [-0.4, -0.2) is 34.6 Å². The van der Waals surface area contributed by atoms with Gasteiger partial charge < -0.3 is 20.3 Å². The van der Waals surface area contributed by atoms with E-state index in [0.717, 1.165) is 6.07 Å². The molecule has 2 aromatic rings. The Balaban J connectivity index is 1.63. The zero-order valence-electron chi connectivity index (χ0n) is 16.9. The lowest BCUT2D eigenvalue weighted by Crippen LogP contribution is -2.65. The molecule has 4 rings (SSSR count). The van der Waals surface area contributed by atoms with Gasteiger partial charge in [0.05, 0.1) is 41.0 Å². The van der Waals surface area contributed by atoms with Gasteiger partial charge in [-0.15, -0.1) is 0 Å². The first-order chi connectivity index (χ1) is 15.2. The summed E-state index contributed by atoms with van der Waals surface area (Å²) in [4.78, 5) is 0. The van der Waals surface area contributed by atoms with E-state index in [-0.39, 0.29) is 18.2 Å². The molecule has 1 fully saturated rings. The van der Waals surface area contributed by atoms with E-state index in [4.69, 9.17) is 15.3 Å². The average Bonchev–Trinajstić information content (AvgIpc) is 2.78. The Hall–Kier alpha value is -3.27. The van der Waals surface area contributed by atoms with Crippen LogP contribution in [-0.2, 0) is 12.6 Å². The molecule has 1 aliphatic heterocycles. The minimum atomic E-state index is -4.69.